The van der Waals surface area contributed by atoms with Crippen molar-refractivity contribution in [3.8, 4) is 0 Å². The second kappa shape index (κ2) is 13.3. The minimum atomic E-state index is -1.44. The van der Waals surface area contributed by atoms with E-state index in [4.69, 9.17) is 15.3 Å². The van der Waals surface area contributed by atoms with Crippen LogP contribution in [-0.4, -0.2) is 93.0 Å². The number of halogens is 1. The van der Waals surface area contributed by atoms with Gasteiger partial charge in [0.25, 0.3) is 11.8 Å². The monoisotopic (exact) mass is 699 g/mol. The number of thioether (sulfide) groups is 1. The number of carboxylic acids is 1. The van der Waals surface area contributed by atoms with Crippen LogP contribution in [0.1, 0.15) is 35.8 Å². The maximum atomic E-state index is 15.1. The highest BCUT2D eigenvalue weighted by Gasteiger charge is 2.54. The number of amides is 2. The lowest BCUT2D eigenvalue weighted by atomic mass is 10.0. The predicted octanol–water partition coefficient (Wildman–Crippen LogP) is 1.75. The van der Waals surface area contributed by atoms with Crippen molar-refractivity contribution in [2.75, 3.05) is 43.2 Å². The summed E-state index contributed by atoms with van der Waals surface area (Å²) in [7, 11) is 1.23. The van der Waals surface area contributed by atoms with Crippen molar-refractivity contribution in [3.05, 3.63) is 62.3 Å². The first-order valence-electron chi connectivity index (χ1n) is 14.9. The number of aryl methyl sites for hydroxylation is 1. The van der Waals surface area contributed by atoms with Crippen molar-refractivity contribution in [1.29, 1.82) is 0 Å². The fraction of sp³-hybridized carbons (Fsp3) is 0.367. The number of esters is 1. The Balaban J connectivity index is 1.20. The summed E-state index contributed by atoms with van der Waals surface area (Å²) in [6, 6.07) is 1.67. The van der Waals surface area contributed by atoms with Crippen LogP contribution in [0.15, 0.2) is 44.9 Å². The SMILES string of the molecule is CCn1cc(C(=O)OCC2=C(C(=O)O)N3C(=O)[C@@H](NC(=O)C(=NOC)c4csc(N)n4)[C@H]3SC2)c(=O)c2cc(F)c(N3CCCC3)cc21. The van der Waals surface area contributed by atoms with Gasteiger partial charge in [-0.2, -0.15) is 0 Å². The van der Waals surface area contributed by atoms with Crippen LogP contribution in [0.2, 0.25) is 0 Å². The van der Waals surface area contributed by atoms with Gasteiger partial charge in [-0.05, 0) is 31.9 Å². The number of carbonyl (C=O) groups excluding carboxylic acids is 3. The molecule has 3 aliphatic heterocycles. The fourth-order valence-corrected chi connectivity index (χ4v) is 7.81. The number of ether oxygens (including phenoxy) is 1. The van der Waals surface area contributed by atoms with Gasteiger partial charge in [-0.1, -0.05) is 5.16 Å². The number of hydrogen-bond donors (Lipinski definition) is 3. The Morgan fingerprint density at radius 1 is 1.23 bits per heavy atom. The van der Waals surface area contributed by atoms with Crippen molar-refractivity contribution in [3.63, 3.8) is 0 Å². The number of fused-ring (bicyclic) bond motifs is 2. The summed E-state index contributed by atoms with van der Waals surface area (Å²) in [5.41, 5.74) is 5.13. The van der Waals surface area contributed by atoms with E-state index in [0.29, 0.717) is 30.8 Å². The summed E-state index contributed by atoms with van der Waals surface area (Å²) in [5, 5.41) is 17.2. The van der Waals surface area contributed by atoms with Crippen molar-refractivity contribution in [1.82, 2.24) is 19.8 Å². The quantitative estimate of drug-likeness (QED) is 0.120. The summed E-state index contributed by atoms with van der Waals surface area (Å²) in [4.78, 5) is 76.8. The van der Waals surface area contributed by atoms with E-state index in [1.807, 2.05) is 11.8 Å². The van der Waals surface area contributed by atoms with Crippen molar-refractivity contribution >= 4 is 74.3 Å². The van der Waals surface area contributed by atoms with Crippen LogP contribution >= 0.6 is 23.1 Å². The molecule has 0 bridgehead atoms. The van der Waals surface area contributed by atoms with Crippen LogP contribution in [-0.2, 0) is 30.5 Å². The molecule has 0 saturated carbocycles. The van der Waals surface area contributed by atoms with Gasteiger partial charge in [0, 0.05) is 47.9 Å². The Hall–Kier alpha value is -4.97. The zero-order valence-corrected chi connectivity index (χ0v) is 27.4. The maximum Gasteiger partial charge on any atom is 0.352 e. The third-order valence-corrected chi connectivity index (χ3v) is 10.2. The number of aliphatic carboxylic acids is 1. The Morgan fingerprint density at radius 2 is 1.98 bits per heavy atom. The molecule has 2 atom stereocenters. The lowest BCUT2D eigenvalue weighted by molar-refractivity contribution is -0.150. The number of oxime groups is 1. The number of thiazole rings is 1. The van der Waals surface area contributed by atoms with Gasteiger partial charge in [-0.3, -0.25) is 19.3 Å². The number of carbonyl (C=O) groups is 4. The molecule has 6 rings (SSSR count). The van der Waals surface area contributed by atoms with Crippen LogP contribution < -0.4 is 21.4 Å². The third kappa shape index (κ3) is 5.85. The molecule has 3 aromatic rings. The van der Waals surface area contributed by atoms with Crippen LogP contribution in [0.3, 0.4) is 0 Å². The molecule has 3 aliphatic rings. The molecule has 15 nitrogen and oxygen atoms in total. The van der Waals surface area contributed by atoms with Gasteiger partial charge < -0.3 is 35.2 Å². The maximum absolute atomic E-state index is 15.1. The second-order valence-electron chi connectivity index (χ2n) is 11.1. The van der Waals surface area contributed by atoms with Gasteiger partial charge in [0.05, 0.1) is 11.2 Å². The van der Waals surface area contributed by atoms with Crippen LogP contribution in [0.25, 0.3) is 10.9 Å². The van der Waals surface area contributed by atoms with E-state index in [2.05, 4.69) is 15.5 Å². The first-order chi connectivity index (χ1) is 23.0. The van der Waals surface area contributed by atoms with Crippen molar-refractivity contribution in [2.45, 2.75) is 37.7 Å². The highest BCUT2D eigenvalue weighted by Crippen LogP contribution is 2.40. The highest BCUT2D eigenvalue weighted by atomic mass is 32.2. The van der Waals surface area contributed by atoms with Gasteiger partial charge in [0.2, 0.25) is 5.43 Å². The Labute approximate surface area is 280 Å². The van der Waals surface area contributed by atoms with E-state index < -0.39 is 53.0 Å². The Bertz CT molecular complexity index is 1970. The van der Waals surface area contributed by atoms with E-state index in [-0.39, 0.29) is 44.5 Å². The average molecular weight is 700 g/mol. The first-order valence-corrected chi connectivity index (χ1v) is 16.8. The third-order valence-electron chi connectivity index (χ3n) is 8.23. The molecular weight excluding hydrogens is 670 g/mol. The lowest BCUT2D eigenvalue weighted by Gasteiger charge is -2.49. The van der Waals surface area contributed by atoms with Gasteiger partial charge in [-0.15, -0.1) is 23.1 Å². The molecular formula is C30H30FN7O8S2. The number of nitrogens with two attached hydrogens (primary N) is 1. The molecule has 0 unspecified atom stereocenters. The van der Waals surface area contributed by atoms with Gasteiger partial charge >= 0.3 is 11.9 Å². The lowest BCUT2D eigenvalue weighted by Crippen LogP contribution is -2.71. The predicted molar refractivity (Wildman–Crippen MR) is 175 cm³/mol. The van der Waals surface area contributed by atoms with Gasteiger partial charge in [0.1, 0.15) is 47.9 Å². The van der Waals surface area contributed by atoms with Crippen molar-refractivity contribution in [2.24, 2.45) is 5.16 Å². The Kier molecular flexibility index (Phi) is 9.11. The van der Waals surface area contributed by atoms with E-state index in [1.54, 1.807) is 10.6 Å². The van der Waals surface area contributed by atoms with Crippen LogP contribution in [0, 0.1) is 5.82 Å². The number of nitrogens with zero attached hydrogens (tertiary/aromatic N) is 5. The molecule has 252 valence electrons. The summed E-state index contributed by atoms with van der Waals surface area (Å²) in [5.74, 6) is -4.46. The molecule has 0 spiro atoms. The molecule has 5 heterocycles. The summed E-state index contributed by atoms with van der Waals surface area (Å²) < 4.78 is 22.2. The topological polar surface area (TPSA) is 199 Å². The smallest absolute Gasteiger partial charge is 0.352 e. The molecule has 1 aromatic carbocycles. The summed E-state index contributed by atoms with van der Waals surface area (Å²) in [6.45, 7) is 3.09. The molecule has 0 aliphatic carbocycles. The number of β-lactam (4-membered cyclic amide) rings is 1. The molecule has 18 heteroatoms. The van der Waals surface area contributed by atoms with Crippen LogP contribution in [0.5, 0.6) is 0 Å². The normalized spacial score (nSPS) is 19.3. The number of benzene rings is 1. The number of nitrogens with one attached hydrogen (secondary N) is 1. The number of carboxylic acid groups (broad SMARTS) is 1. The number of anilines is 2. The molecule has 2 saturated heterocycles. The number of nitrogen functional groups attached to an aromatic ring is 1. The molecule has 2 amide bonds. The first kappa shape index (κ1) is 33.0. The van der Waals surface area contributed by atoms with Gasteiger partial charge in [0.15, 0.2) is 10.8 Å². The fourth-order valence-electron chi connectivity index (χ4n) is 5.93. The van der Waals surface area contributed by atoms with E-state index in [1.165, 1.54) is 18.7 Å². The minimum Gasteiger partial charge on any atom is -0.477 e. The second-order valence-corrected chi connectivity index (χ2v) is 13.1. The zero-order chi connectivity index (χ0) is 34.3. The minimum absolute atomic E-state index is 0.0180. The summed E-state index contributed by atoms with van der Waals surface area (Å²) >= 11 is 2.23. The van der Waals surface area contributed by atoms with Crippen LogP contribution in [0.4, 0.5) is 15.2 Å². The van der Waals surface area contributed by atoms with Gasteiger partial charge in [-0.25, -0.2) is 19.0 Å². The number of pyridine rings is 1. The molecule has 48 heavy (non-hydrogen) atoms. The average Bonchev–Trinajstić information content (AvgIpc) is 3.76. The number of aromatic nitrogens is 2. The molecule has 2 fully saturated rings. The Morgan fingerprint density at radius 3 is 2.62 bits per heavy atom. The number of rotatable bonds is 10. The highest BCUT2D eigenvalue weighted by molar-refractivity contribution is 8.00. The van der Waals surface area contributed by atoms with E-state index in [9.17, 15) is 29.1 Å². The zero-order valence-electron chi connectivity index (χ0n) is 25.7. The summed E-state index contributed by atoms with van der Waals surface area (Å²) in [6.07, 6.45) is 3.24. The largest absolute Gasteiger partial charge is 0.477 e. The van der Waals surface area contributed by atoms with E-state index in [0.717, 1.165) is 46.9 Å². The number of hydrogen-bond acceptors (Lipinski definition) is 13. The molecule has 0 radical (unpaired) electrons. The van der Waals surface area contributed by atoms with Crippen molar-refractivity contribution < 1.29 is 38.2 Å². The standard InChI is InChI=1S/C30H30FN7O8S2/c1-3-36-10-16(24(39)15-8-17(31)20(9-19(15)36)37-6-4-5-7-37)29(44)46-11-14-12-47-27-22(26(41)38(27)23(14)28(42)43)34-25(40)21(35-45-2)18-13-48-30(32)33-18/h8-10,13,22,27H,3-7,11-12H2,1-2H3,(H2,32,33)(H,34,40)(H,42,43)/t22-,27-/m1/s1. The molecule has 2 aromatic heterocycles. The molecule has 4 N–H and O–H groups in total. The van der Waals surface area contributed by atoms with E-state index >= 15 is 4.39 Å².